The number of aldehydes is 1. The zero-order valence-electron chi connectivity index (χ0n) is 12.6. The van der Waals surface area contributed by atoms with E-state index in [1.807, 2.05) is 36.4 Å². The average Bonchev–Trinajstić information content (AvgIpc) is 3.07. The first-order chi connectivity index (χ1) is 11.8. The van der Waals surface area contributed by atoms with E-state index < -0.39 is 0 Å². The maximum absolute atomic E-state index is 11.4. The van der Waals surface area contributed by atoms with Crippen LogP contribution in [0.3, 0.4) is 0 Å². The van der Waals surface area contributed by atoms with Crippen LogP contribution in [0.5, 0.6) is 0 Å². The van der Waals surface area contributed by atoms with E-state index in [2.05, 4.69) is 18.2 Å². The van der Waals surface area contributed by atoms with Crippen molar-refractivity contribution in [3.8, 4) is 21.7 Å². The Bertz CT molecular complexity index is 1040. The molecular weight excluding hydrogens is 338 g/mol. The number of rotatable bonds is 3. The van der Waals surface area contributed by atoms with E-state index in [1.165, 1.54) is 0 Å². The van der Waals surface area contributed by atoms with E-state index in [0.717, 1.165) is 38.2 Å². The number of aromatic nitrogens is 1. The summed E-state index contributed by atoms with van der Waals surface area (Å²) >= 11 is 7.66. The molecule has 24 heavy (non-hydrogen) atoms. The smallest absolute Gasteiger partial charge is 0.150 e. The number of para-hydroxylation sites is 1. The number of hydrogen-bond donors (Lipinski definition) is 0. The molecule has 2 nitrogen and oxygen atoms in total. The summed E-state index contributed by atoms with van der Waals surface area (Å²) in [5.74, 6) is 0. The van der Waals surface area contributed by atoms with Gasteiger partial charge in [-0.2, -0.15) is 0 Å². The van der Waals surface area contributed by atoms with Gasteiger partial charge in [0.15, 0.2) is 6.29 Å². The van der Waals surface area contributed by atoms with Crippen molar-refractivity contribution in [3.05, 3.63) is 77.3 Å². The largest absolute Gasteiger partial charge is 0.298 e. The second kappa shape index (κ2) is 6.19. The van der Waals surface area contributed by atoms with Crippen LogP contribution in [0.2, 0.25) is 5.02 Å². The Morgan fingerprint density at radius 1 is 0.917 bits per heavy atom. The molecule has 116 valence electrons. The first kappa shape index (κ1) is 15.1. The highest BCUT2D eigenvalue weighted by atomic mass is 35.5. The SMILES string of the molecule is O=Cc1cc(Cl)ccc1-c1cccc2sc(-c3ccccc3)nc12. The molecule has 0 fully saturated rings. The van der Waals surface area contributed by atoms with E-state index in [4.69, 9.17) is 16.6 Å². The lowest BCUT2D eigenvalue weighted by molar-refractivity contribution is 0.112. The Morgan fingerprint density at radius 2 is 1.75 bits per heavy atom. The molecular formula is C20H12ClNOS. The molecule has 0 saturated heterocycles. The minimum Gasteiger partial charge on any atom is -0.298 e. The molecule has 3 aromatic carbocycles. The molecule has 0 spiro atoms. The second-order valence-electron chi connectivity index (χ2n) is 5.39. The zero-order chi connectivity index (χ0) is 16.5. The highest BCUT2D eigenvalue weighted by molar-refractivity contribution is 7.21. The van der Waals surface area contributed by atoms with Gasteiger partial charge in [0.25, 0.3) is 0 Å². The highest BCUT2D eigenvalue weighted by Crippen LogP contribution is 2.36. The van der Waals surface area contributed by atoms with E-state index in [1.54, 1.807) is 23.5 Å². The molecule has 0 saturated carbocycles. The normalized spacial score (nSPS) is 10.9. The van der Waals surface area contributed by atoms with E-state index >= 15 is 0 Å². The number of carbonyl (C=O) groups is 1. The van der Waals surface area contributed by atoms with Crippen LogP contribution < -0.4 is 0 Å². The molecule has 0 bridgehead atoms. The predicted octanol–water partition coefficient (Wildman–Crippen LogP) is 6.10. The molecule has 4 aromatic rings. The van der Waals surface area contributed by atoms with Gasteiger partial charge < -0.3 is 0 Å². The Kier molecular flexibility index (Phi) is 3.89. The summed E-state index contributed by atoms with van der Waals surface area (Å²) in [7, 11) is 0. The molecule has 0 aliphatic rings. The molecule has 0 N–H and O–H groups in total. The van der Waals surface area contributed by atoms with Crippen LogP contribution in [-0.2, 0) is 0 Å². The lowest BCUT2D eigenvalue weighted by atomic mass is 9.99. The Hall–Kier alpha value is -2.49. The van der Waals surface area contributed by atoms with Gasteiger partial charge in [0.1, 0.15) is 5.01 Å². The van der Waals surface area contributed by atoms with Gasteiger partial charge in [-0.25, -0.2) is 4.98 Å². The van der Waals surface area contributed by atoms with Gasteiger partial charge in [-0.3, -0.25) is 4.79 Å². The summed E-state index contributed by atoms with van der Waals surface area (Å²) in [5, 5.41) is 1.52. The van der Waals surface area contributed by atoms with Crippen molar-refractivity contribution in [3.63, 3.8) is 0 Å². The fraction of sp³-hybridized carbons (Fsp3) is 0. The predicted molar refractivity (Wildman–Crippen MR) is 101 cm³/mol. The minimum atomic E-state index is 0.552. The van der Waals surface area contributed by atoms with E-state index in [-0.39, 0.29) is 0 Å². The third kappa shape index (κ3) is 2.62. The molecule has 0 unspecified atom stereocenters. The molecule has 0 aliphatic carbocycles. The van der Waals surface area contributed by atoms with Crippen LogP contribution in [-0.4, -0.2) is 11.3 Å². The van der Waals surface area contributed by atoms with Crippen molar-refractivity contribution in [2.45, 2.75) is 0 Å². The lowest BCUT2D eigenvalue weighted by Crippen LogP contribution is -1.89. The number of halogens is 1. The number of fused-ring (bicyclic) bond motifs is 1. The third-order valence-electron chi connectivity index (χ3n) is 3.87. The Labute approximate surface area is 148 Å². The molecule has 4 heteroatoms. The first-order valence-electron chi connectivity index (χ1n) is 7.46. The maximum Gasteiger partial charge on any atom is 0.150 e. The standard InChI is InChI=1S/C20H12ClNOS/c21-15-9-10-16(14(11-15)12-23)17-7-4-8-18-19(17)22-20(24-18)13-5-2-1-3-6-13/h1-12H. The van der Waals surface area contributed by atoms with Gasteiger partial charge in [0.2, 0.25) is 0 Å². The van der Waals surface area contributed by atoms with Gasteiger partial charge in [0, 0.05) is 21.7 Å². The van der Waals surface area contributed by atoms with Crippen LogP contribution in [0.1, 0.15) is 10.4 Å². The van der Waals surface area contributed by atoms with Crippen molar-refractivity contribution in [2.75, 3.05) is 0 Å². The number of benzene rings is 3. The fourth-order valence-corrected chi connectivity index (χ4v) is 3.93. The molecule has 1 heterocycles. The van der Waals surface area contributed by atoms with Gasteiger partial charge in [-0.1, -0.05) is 60.1 Å². The van der Waals surface area contributed by atoms with E-state index in [0.29, 0.717) is 10.6 Å². The number of hydrogen-bond acceptors (Lipinski definition) is 3. The number of nitrogens with zero attached hydrogens (tertiary/aromatic N) is 1. The van der Waals surface area contributed by atoms with Crippen molar-refractivity contribution in [1.82, 2.24) is 4.98 Å². The minimum absolute atomic E-state index is 0.552. The van der Waals surface area contributed by atoms with Crippen molar-refractivity contribution < 1.29 is 4.79 Å². The Morgan fingerprint density at radius 3 is 2.54 bits per heavy atom. The molecule has 4 rings (SSSR count). The summed E-state index contributed by atoms with van der Waals surface area (Å²) in [6, 6.07) is 21.5. The average molecular weight is 350 g/mol. The van der Waals surface area contributed by atoms with Crippen LogP contribution in [0, 0.1) is 0 Å². The van der Waals surface area contributed by atoms with Gasteiger partial charge in [0.05, 0.1) is 10.2 Å². The van der Waals surface area contributed by atoms with Crippen molar-refractivity contribution >= 4 is 39.4 Å². The summed E-state index contributed by atoms with van der Waals surface area (Å²) in [4.78, 5) is 16.3. The third-order valence-corrected chi connectivity index (χ3v) is 5.18. The second-order valence-corrected chi connectivity index (χ2v) is 6.85. The van der Waals surface area contributed by atoms with Crippen LogP contribution in [0.25, 0.3) is 31.9 Å². The lowest BCUT2D eigenvalue weighted by Gasteiger charge is -2.06. The summed E-state index contributed by atoms with van der Waals surface area (Å²) < 4.78 is 1.10. The zero-order valence-corrected chi connectivity index (χ0v) is 14.1. The molecule has 0 amide bonds. The fourth-order valence-electron chi connectivity index (χ4n) is 2.75. The van der Waals surface area contributed by atoms with Gasteiger partial charge in [-0.15, -0.1) is 11.3 Å². The summed E-state index contributed by atoms with van der Waals surface area (Å²) in [5.41, 5.74) is 4.38. The monoisotopic (exact) mass is 349 g/mol. The molecule has 1 aromatic heterocycles. The molecule has 0 atom stereocenters. The molecule has 0 radical (unpaired) electrons. The number of thiazole rings is 1. The Balaban J connectivity index is 1.94. The molecule has 0 aliphatic heterocycles. The number of carbonyl (C=O) groups excluding carboxylic acids is 1. The van der Waals surface area contributed by atoms with Crippen molar-refractivity contribution in [1.29, 1.82) is 0 Å². The van der Waals surface area contributed by atoms with Gasteiger partial charge >= 0.3 is 0 Å². The van der Waals surface area contributed by atoms with E-state index in [9.17, 15) is 4.79 Å². The summed E-state index contributed by atoms with van der Waals surface area (Å²) in [6.07, 6.45) is 0.838. The summed E-state index contributed by atoms with van der Waals surface area (Å²) in [6.45, 7) is 0. The first-order valence-corrected chi connectivity index (χ1v) is 8.66. The van der Waals surface area contributed by atoms with Crippen LogP contribution in [0.4, 0.5) is 0 Å². The van der Waals surface area contributed by atoms with Crippen LogP contribution >= 0.6 is 22.9 Å². The topological polar surface area (TPSA) is 30.0 Å². The van der Waals surface area contributed by atoms with Gasteiger partial charge in [-0.05, 0) is 23.8 Å². The van der Waals surface area contributed by atoms with Crippen LogP contribution in [0.15, 0.2) is 66.7 Å². The maximum atomic E-state index is 11.4. The highest BCUT2D eigenvalue weighted by Gasteiger charge is 2.13. The van der Waals surface area contributed by atoms with Crippen molar-refractivity contribution in [2.24, 2.45) is 0 Å². The quantitative estimate of drug-likeness (QED) is 0.418.